The Morgan fingerprint density at radius 2 is 1.81 bits per heavy atom. The molecule has 0 spiro atoms. The number of allylic oxidation sites excluding steroid dienone is 1. The zero-order valence-corrected chi connectivity index (χ0v) is 21.1. The molecule has 37 heavy (non-hydrogen) atoms. The average molecular weight is 509 g/mol. The molecule has 0 radical (unpaired) electrons. The Morgan fingerprint density at radius 3 is 2.57 bits per heavy atom. The number of fused-ring (bicyclic) bond motifs is 3. The predicted molar refractivity (Wildman–Crippen MR) is 142 cm³/mol. The van der Waals surface area contributed by atoms with Crippen LogP contribution >= 0.6 is 0 Å². The smallest absolute Gasteiger partial charge is 0.274 e. The van der Waals surface area contributed by atoms with Gasteiger partial charge in [-0.2, -0.15) is 5.10 Å². The Hall–Kier alpha value is -3.57. The van der Waals surface area contributed by atoms with Gasteiger partial charge in [-0.15, -0.1) is 0 Å². The molecule has 4 heterocycles. The number of nitrogens with one attached hydrogen (secondary N) is 4. The quantitative estimate of drug-likeness (QED) is 0.397. The van der Waals surface area contributed by atoms with Crippen molar-refractivity contribution >= 4 is 29.3 Å². The molecule has 11 nitrogen and oxygen atoms in total. The third kappa shape index (κ3) is 7.01. The number of amides is 2. The Bertz CT molecular complexity index is 1120. The van der Waals surface area contributed by atoms with Crippen LogP contribution in [-0.4, -0.2) is 82.1 Å². The molecule has 1 fully saturated rings. The van der Waals surface area contributed by atoms with Gasteiger partial charge in [0.15, 0.2) is 5.69 Å². The summed E-state index contributed by atoms with van der Waals surface area (Å²) in [7, 11) is 0. The summed E-state index contributed by atoms with van der Waals surface area (Å²) in [5.74, 6) is -0.767. The first kappa shape index (κ1) is 26.5. The van der Waals surface area contributed by atoms with Crippen molar-refractivity contribution in [2.45, 2.75) is 44.6 Å². The van der Waals surface area contributed by atoms with Gasteiger partial charge in [0.05, 0.1) is 24.0 Å². The van der Waals surface area contributed by atoms with E-state index in [-0.39, 0.29) is 29.9 Å². The van der Waals surface area contributed by atoms with Crippen molar-refractivity contribution in [3.05, 3.63) is 47.7 Å². The van der Waals surface area contributed by atoms with Crippen LogP contribution in [-0.2, 0) is 0 Å². The van der Waals surface area contributed by atoms with Crippen LogP contribution < -0.4 is 16.0 Å². The minimum atomic E-state index is -0.452. The second-order valence-electron chi connectivity index (χ2n) is 9.40. The van der Waals surface area contributed by atoms with E-state index in [2.05, 4.69) is 30.9 Å². The third-order valence-electron chi connectivity index (χ3n) is 6.77. The lowest BCUT2D eigenvalue weighted by molar-refractivity contribution is 0.0946. The van der Waals surface area contributed by atoms with Crippen molar-refractivity contribution in [1.29, 1.82) is 5.41 Å². The van der Waals surface area contributed by atoms with Crippen molar-refractivity contribution in [3.8, 4) is 0 Å². The van der Waals surface area contributed by atoms with Crippen molar-refractivity contribution < 1.29 is 14.7 Å². The van der Waals surface area contributed by atoms with Crippen LogP contribution in [0.1, 0.15) is 71.2 Å². The summed E-state index contributed by atoms with van der Waals surface area (Å²) in [6, 6.07) is 5.19. The number of rotatable bonds is 4. The summed E-state index contributed by atoms with van der Waals surface area (Å²) >= 11 is 0. The third-order valence-corrected chi connectivity index (χ3v) is 6.77. The van der Waals surface area contributed by atoms with Gasteiger partial charge < -0.3 is 31.4 Å². The largest absolute Gasteiger partial charge is 0.395 e. The van der Waals surface area contributed by atoms with Gasteiger partial charge in [0.2, 0.25) is 0 Å². The van der Waals surface area contributed by atoms with Crippen LogP contribution in [0.15, 0.2) is 30.6 Å². The van der Waals surface area contributed by atoms with Gasteiger partial charge >= 0.3 is 0 Å². The summed E-state index contributed by atoms with van der Waals surface area (Å²) < 4.78 is 1.79. The fraction of sp³-hybridized carbons (Fsp3) is 0.500. The predicted octanol–water partition coefficient (Wildman–Crippen LogP) is 2.04. The summed E-state index contributed by atoms with van der Waals surface area (Å²) in [6.07, 6.45) is 10.2. The maximum Gasteiger partial charge on any atom is 0.274 e. The van der Waals surface area contributed by atoms with E-state index in [0.29, 0.717) is 30.0 Å². The van der Waals surface area contributed by atoms with Gasteiger partial charge in [0.1, 0.15) is 5.69 Å². The van der Waals surface area contributed by atoms with Crippen LogP contribution in [0.3, 0.4) is 0 Å². The van der Waals surface area contributed by atoms with E-state index in [4.69, 9.17) is 5.41 Å². The van der Waals surface area contributed by atoms with Crippen molar-refractivity contribution in [2.75, 3.05) is 44.6 Å². The molecule has 0 unspecified atom stereocenters. The molecule has 4 rings (SSSR count). The standard InChI is InChI=1S/C26H36N8O3/c27-16-19-17-28-10-3-1-2-4-11-29-26(37)24-23(31-25(36)22-7-5-6-21(19)30-22)18-34(32-24)20-8-12-33(13-9-20)14-15-35/h5-7,16-18,20,27-28,35H,1-4,8-15H2,(H,29,37)(H,31,36)/b19-17+,27-16?. The summed E-state index contributed by atoms with van der Waals surface area (Å²) in [6.45, 7) is 3.76. The number of piperidine rings is 1. The maximum atomic E-state index is 13.2. The molecule has 0 saturated carbocycles. The number of aliphatic hydroxyl groups is 1. The van der Waals surface area contributed by atoms with E-state index in [9.17, 15) is 14.7 Å². The number of likely N-dealkylation sites (tertiary alicyclic amines) is 1. The highest BCUT2D eigenvalue weighted by molar-refractivity contribution is 6.09. The first-order chi connectivity index (χ1) is 18.1. The van der Waals surface area contributed by atoms with Gasteiger partial charge in [-0.1, -0.05) is 18.9 Å². The summed E-state index contributed by atoms with van der Waals surface area (Å²) in [5.41, 5.74) is 1.81. The van der Waals surface area contributed by atoms with E-state index in [1.807, 2.05) is 0 Å². The van der Waals surface area contributed by atoms with E-state index in [1.54, 1.807) is 35.3 Å². The molecule has 5 N–H and O–H groups in total. The zero-order chi connectivity index (χ0) is 26.0. The molecule has 0 atom stereocenters. The molecule has 2 amide bonds. The lowest BCUT2D eigenvalue weighted by Crippen LogP contribution is -2.36. The molecule has 2 aliphatic rings. The first-order valence-corrected chi connectivity index (χ1v) is 13.0. The second-order valence-corrected chi connectivity index (χ2v) is 9.40. The lowest BCUT2D eigenvalue weighted by Gasteiger charge is -2.31. The van der Waals surface area contributed by atoms with Gasteiger partial charge in [-0.25, -0.2) is 4.98 Å². The van der Waals surface area contributed by atoms with E-state index < -0.39 is 5.91 Å². The van der Waals surface area contributed by atoms with E-state index in [0.717, 1.165) is 58.2 Å². The number of anilines is 1. The van der Waals surface area contributed by atoms with Crippen molar-refractivity contribution in [3.63, 3.8) is 0 Å². The molecule has 11 heteroatoms. The molecular weight excluding hydrogens is 472 g/mol. The zero-order valence-electron chi connectivity index (χ0n) is 21.1. The normalized spacial score (nSPS) is 20.3. The van der Waals surface area contributed by atoms with Crippen LogP contribution in [0.25, 0.3) is 5.57 Å². The molecule has 2 aromatic heterocycles. The number of β-amino-alcohol motifs (C(OH)–C–C–N with tert-alkyl or cyclic N) is 1. The van der Waals surface area contributed by atoms with E-state index >= 15 is 0 Å². The molecular formula is C26H36N8O3. The molecule has 2 aromatic rings. The summed E-state index contributed by atoms with van der Waals surface area (Å²) in [5, 5.41) is 30.6. The van der Waals surface area contributed by atoms with Gasteiger partial charge in [-0.3, -0.25) is 14.3 Å². The number of pyridine rings is 1. The number of hydrogen-bond donors (Lipinski definition) is 5. The number of hydrogen-bond acceptors (Lipinski definition) is 8. The molecule has 0 aromatic carbocycles. The lowest BCUT2D eigenvalue weighted by atomic mass is 10.1. The van der Waals surface area contributed by atoms with Crippen LogP contribution in [0.4, 0.5) is 5.69 Å². The van der Waals surface area contributed by atoms with Crippen LogP contribution in [0.5, 0.6) is 0 Å². The first-order valence-electron chi connectivity index (χ1n) is 13.0. The SMILES string of the molecule is N=C/C1=C\NCCCCCCNC(=O)c2nn(C3CCN(CCO)CC3)cc2NC(=O)c2cccc1n2. The highest BCUT2D eigenvalue weighted by Gasteiger charge is 2.25. The fourth-order valence-electron chi connectivity index (χ4n) is 4.66. The highest BCUT2D eigenvalue weighted by Crippen LogP contribution is 2.25. The number of nitrogens with zero attached hydrogens (tertiary/aromatic N) is 4. The Balaban J connectivity index is 1.60. The fourth-order valence-corrected chi connectivity index (χ4v) is 4.66. The monoisotopic (exact) mass is 508 g/mol. The number of aromatic nitrogens is 3. The van der Waals surface area contributed by atoms with Gasteiger partial charge in [0, 0.05) is 56.9 Å². The Morgan fingerprint density at radius 1 is 1.05 bits per heavy atom. The summed E-state index contributed by atoms with van der Waals surface area (Å²) in [4.78, 5) is 32.9. The number of carbonyl (C=O) groups is 2. The van der Waals surface area contributed by atoms with Gasteiger partial charge in [-0.05, 0) is 37.8 Å². The molecule has 1 saturated heterocycles. The van der Waals surface area contributed by atoms with Crippen molar-refractivity contribution in [2.24, 2.45) is 0 Å². The van der Waals surface area contributed by atoms with E-state index in [1.165, 1.54) is 6.21 Å². The molecule has 198 valence electrons. The average Bonchev–Trinajstić information content (AvgIpc) is 3.33. The van der Waals surface area contributed by atoms with Crippen LogP contribution in [0, 0.1) is 5.41 Å². The number of aliphatic hydroxyl groups excluding tert-OH is 1. The Kier molecular flexibility index (Phi) is 9.39. The topological polar surface area (TPSA) is 148 Å². The second kappa shape index (κ2) is 13.1. The van der Waals surface area contributed by atoms with Crippen molar-refractivity contribution in [1.82, 2.24) is 30.3 Å². The van der Waals surface area contributed by atoms with Gasteiger partial charge in [0.25, 0.3) is 11.8 Å². The molecule has 0 aliphatic carbocycles. The van der Waals surface area contributed by atoms with Crippen LogP contribution in [0.2, 0.25) is 0 Å². The highest BCUT2D eigenvalue weighted by atomic mass is 16.3. The molecule has 2 bridgehead atoms. The minimum Gasteiger partial charge on any atom is -0.395 e. The Labute approximate surface area is 216 Å². The number of carbonyl (C=O) groups excluding carboxylic acids is 2. The maximum absolute atomic E-state index is 13.2. The minimum absolute atomic E-state index is 0.1000. The molecule has 2 aliphatic heterocycles.